The summed E-state index contributed by atoms with van der Waals surface area (Å²) in [4.78, 5) is 2.17. The van der Waals surface area contributed by atoms with Crippen molar-refractivity contribution in [1.82, 2.24) is 10.2 Å². The summed E-state index contributed by atoms with van der Waals surface area (Å²) in [7, 11) is -3.32. The molecule has 0 aromatic heterocycles. The van der Waals surface area contributed by atoms with Crippen molar-refractivity contribution < 1.29 is 8.42 Å². The van der Waals surface area contributed by atoms with Crippen LogP contribution in [-0.4, -0.2) is 51.3 Å². The molecule has 0 saturated carbocycles. The molecule has 5 nitrogen and oxygen atoms in total. The van der Waals surface area contributed by atoms with Gasteiger partial charge in [0.1, 0.15) is 0 Å². The Morgan fingerprint density at radius 1 is 1.53 bits per heavy atom. The molecule has 0 aliphatic carbocycles. The molecule has 90 valence electrons. The quantitative estimate of drug-likeness (QED) is 0.664. The van der Waals surface area contributed by atoms with Gasteiger partial charge in [0.05, 0.1) is 5.75 Å². The van der Waals surface area contributed by atoms with E-state index < -0.39 is 10.0 Å². The fourth-order valence-electron chi connectivity index (χ4n) is 1.97. The maximum atomic E-state index is 10.8. The molecular weight excluding hydrogens is 214 g/mol. The van der Waals surface area contributed by atoms with Gasteiger partial charge in [-0.15, -0.1) is 0 Å². The molecule has 0 aromatic rings. The Balaban J connectivity index is 2.30. The van der Waals surface area contributed by atoms with Crippen LogP contribution in [0.2, 0.25) is 0 Å². The monoisotopic (exact) mass is 235 g/mol. The van der Waals surface area contributed by atoms with E-state index in [1.807, 2.05) is 0 Å². The van der Waals surface area contributed by atoms with Gasteiger partial charge >= 0.3 is 0 Å². The number of likely N-dealkylation sites (tertiary alicyclic amines) is 1. The molecule has 1 fully saturated rings. The lowest BCUT2D eigenvalue weighted by Gasteiger charge is -2.32. The van der Waals surface area contributed by atoms with Crippen molar-refractivity contribution in [3.05, 3.63) is 0 Å². The second-order valence-corrected chi connectivity index (χ2v) is 5.80. The molecule has 1 rings (SSSR count). The Morgan fingerprint density at radius 3 is 2.87 bits per heavy atom. The van der Waals surface area contributed by atoms with Gasteiger partial charge in [0.15, 0.2) is 0 Å². The summed E-state index contributed by atoms with van der Waals surface area (Å²) < 4.78 is 21.6. The van der Waals surface area contributed by atoms with Crippen LogP contribution in [0.4, 0.5) is 0 Å². The zero-order valence-electron chi connectivity index (χ0n) is 9.28. The van der Waals surface area contributed by atoms with Crippen molar-refractivity contribution in [3.8, 4) is 0 Å². The highest BCUT2D eigenvalue weighted by atomic mass is 32.2. The Kier molecular flexibility index (Phi) is 4.98. The van der Waals surface area contributed by atoms with Gasteiger partial charge in [-0.2, -0.15) is 0 Å². The first-order valence-electron chi connectivity index (χ1n) is 5.47. The van der Waals surface area contributed by atoms with E-state index in [1.165, 1.54) is 6.42 Å². The van der Waals surface area contributed by atoms with Gasteiger partial charge in [0.25, 0.3) is 0 Å². The van der Waals surface area contributed by atoms with E-state index >= 15 is 0 Å². The van der Waals surface area contributed by atoms with Crippen molar-refractivity contribution in [3.63, 3.8) is 0 Å². The summed E-state index contributed by atoms with van der Waals surface area (Å²) in [6, 6.07) is 0.504. The molecule has 0 bridgehead atoms. The highest BCUT2D eigenvalue weighted by molar-refractivity contribution is 7.89. The third-order valence-electron chi connectivity index (χ3n) is 2.69. The first-order valence-corrected chi connectivity index (χ1v) is 7.19. The number of rotatable bonds is 5. The van der Waals surface area contributed by atoms with Gasteiger partial charge in [0.2, 0.25) is 10.0 Å². The van der Waals surface area contributed by atoms with Crippen molar-refractivity contribution in [2.45, 2.75) is 25.8 Å². The molecule has 1 heterocycles. The second-order valence-electron chi connectivity index (χ2n) is 4.06. The number of sulfonamides is 1. The topological polar surface area (TPSA) is 75.4 Å². The molecule has 15 heavy (non-hydrogen) atoms. The van der Waals surface area contributed by atoms with Gasteiger partial charge in [-0.3, -0.25) is 0 Å². The Labute approximate surface area is 92.1 Å². The number of piperidine rings is 1. The van der Waals surface area contributed by atoms with Crippen molar-refractivity contribution in [2.75, 3.05) is 31.9 Å². The first-order chi connectivity index (χ1) is 7.01. The zero-order valence-corrected chi connectivity index (χ0v) is 10.1. The number of primary sulfonamides is 1. The van der Waals surface area contributed by atoms with Crippen molar-refractivity contribution >= 4 is 10.0 Å². The summed E-state index contributed by atoms with van der Waals surface area (Å²) in [5.74, 6) is 0.0614. The molecular formula is C9H21N3O2S. The summed E-state index contributed by atoms with van der Waals surface area (Å²) >= 11 is 0. The third-order valence-corrected chi connectivity index (χ3v) is 3.44. The second kappa shape index (κ2) is 5.79. The molecule has 1 aliphatic heterocycles. The lowest BCUT2D eigenvalue weighted by atomic mass is 10.1. The van der Waals surface area contributed by atoms with Crippen LogP contribution in [0.15, 0.2) is 0 Å². The molecule has 0 spiro atoms. The molecule has 1 saturated heterocycles. The van der Waals surface area contributed by atoms with E-state index in [2.05, 4.69) is 17.1 Å². The number of nitrogens with zero attached hydrogens (tertiary/aromatic N) is 1. The third kappa shape index (κ3) is 5.46. The molecule has 0 radical (unpaired) electrons. The first kappa shape index (κ1) is 12.9. The van der Waals surface area contributed by atoms with Crippen LogP contribution >= 0.6 is 0 Å². The maximum absolute atomic E-state index is 10.8. The van der Waals surface area contributed by atoms with Gasteiger partial charge in [-0.05, 0) is 25.9 Å². The molecule has 1 unspecified atom stereocenters. The predicted octanol–water partition coefficient (Wildman–Crippen LogP) is -0.651. The van der Waals surface area contributed by atoms with Crippen LogP contribution in [-0.2, 0) is 10.0 Å². The van der Waals surface area contributed by atoms with Crippen molar-refractivity contribution in [1.29, 1.82) is 0 Å². The van der Waals surface area contributed by atoms with Gasteiger partial charge in [-0.25, -0.2) is 13.6 Å². The highest BCUT2D eigenvalue weighted by Gasteiger charge is 2.19. The SMILES string of the molecule is CCNC1CCCN(CCS(N)(=O)=O)C1. The number of hydrogen-bond donors (Lipinski definition) is 2. The zero-order chi connectivity index (χ0) is 11.3. The fraction of sp³-hybridized carbons (Fsp3) is 1.00. The van der Waals surface area contributed by atoms with E-state index in [0.29, 0.717) is 12.6 Å². The Bertz CT molecular complexity index is 277. The van der Waals surface area contributed by atoms with E-state index in [9.17, 15) is 8.42 Å². The van der Waals surface area contributed by atoms with Gasteiger partial charge in [-0.1, -0.05) is 6.92 Å². The van der Waals surface area contributed by atoms with Crippen molar-refractivity contribution in [2.24, 2.45) is 5.14 Å². The van der Waals surface area contributed by atoms with E-state index in [0.717, 1.165) is 26.1 Å². The number of nitrogens with one attached hydrogen (secondary N) is 1. The minimum absolute atomic E-state index is 0.0614. The van der Waals surface area contributed by atoms with E-state index in [4.69, 9.17) is 5.14 Å². The van der Waals surface area contributed by atoms with E-state index in [-0.39, 0.29) is 5.75 Å². The molecule has 1 aliphatic rings. The number of nitrogens with two attached hydrogens (primary N) is 1. The molecule has 0 aromatic carbocycles. The summed E-state index contributed by atoms with van der Waals surface area (Å²) in [5, 5.41) is 8.37. The molecule has 0 amide bonds. The van der Waals surface area contributed by atoms with E-state index in [1.54, 1.807) is 0 Å². The van der Waals surface area contributed by atoms with Crippen LogP contribution in [0.3, 0.4) is 0 Å². The summed E-state index contributed by atoms with van der Waals surface area (Å²) in [6.45, 7) is 5.53. The number of likely N-dealkylation sites (N-methyl/N-ethyl adjacent to an activating group) is 1. The van der Waals surface area contributed by atoms with Crippen LogP contribution in [0.1, 0.15) is 19.8 Å². The average molecular weight is 235 g/mol. The Hall–Kier alpha value is -0.170. The van der Waals surface area contributed by atoms with Gasteiger partial charge in [0, 0.05) is 19.1 Å². The lowest BCUT2D eigenvalue weighted by Crippen LogP contribution is -2.47. The molecule has 6 heteroatoms. The van der Waals surface area contributed by atoms with Crippen LogP contribution in [0.25, 0.3) is 0 Å². The summed E-state index contributed by atoms with van der Waals surface area (Å²) in [5.41, 5.74) is 0. The normalized spacial score (nSPS) is 24.3. The van der Waals surface area contributed by atoms with Crippen LogP contribution < -0.4 is 10.5 Å². The Morgan fingerprint density at radius 2 is 2.27 bits per heavy atom. The van der Waals surface area contributed by atoms with Gasteiger partial charge < -0.3 is 10.2 Å². The maximum Gasteiger partial charge on any atom is 0.210 e. The van der Waals surface area contributed by atoms with Crippen LogP contribution in [0, 0.1) is 0 Å². The van der Waals surface area contributed by atoms with Crippen LogP contribution in [0.5, 0.6) is 0 Å². The summed E-state index contributed by atoms with van der Waals surface area (Å²) in [6.07, 6.45) is 2.31. The predicted molar refractivity (Wildman–Crippen MR) is 61.1 cm³/mol. The minimum Gasteiger partial charge on any atom is -0.313 e. The average Bonchev–Trinajstić information content (AvgIpc) is 2.15. The fourth-order valence-corrected chi connectivity index (χ4v) is 2.48. The number of hydrogen-bond acceptors (Lipinski definition) is 4. The smallest absolute Gasteiger partial charge is 0.210 e. The lowest BCUT2D eigenvalue weighted by molar-refractivity contribution is 0.201. The molecule has 1 atom stereocenters. The minimum atomic E-state index is -3.32. The largest absolute Gasteiger partial charge is 0.313 e. The molecule has 3 N–H and O–H groups in total. The standard InChI is InChI=1S/C9H21N3O2S/c1-2-11-9-4-3-5-12(8-9)6-7-15(10,13)14/h9,11H,2-8H2,1H3,(H2,10,13,14). The highest BCUT2D eigenvalue weighted by Crippen LogP contribution is 2.09.